The van der Waals surface area contributed by atoms with Crippen LogP contribution in [0.4, 0.5) is 5.69 Å². The zero-order valence-electron chi connectivity index (χ0n) is 18.9. The first-order valence-electron chi connectivity index (χ1n) is 11.5. The SMILES string of the molecule is COc1ccc2cc3n(c2c1)CC(C)(C(=O)NC1CCCCC1)N(c1ccc(Cl)cc1)C3=O. The lowest BCUT2D eigenvalue weighted by molar-refractivity contribution is -0.127. The average molecular weight is 466 g/mol. The fourth-order valence-corrected chi connectivity index (χ4v) is 5.31. The summed E-state index contributed by atoms with van der Waals surface area (Å²) in [6.07, 6.45) is 5.40. The highest BCUT2D eigenvalue weighted by Gasteiger charge is 2.49. The normalized spacial score (nSPS) is 21.2. The first-order valence-corrected chi connectivity index (χ1v) is 11.9. The van der Waals surface area contributed by atoms with E-state index in [9.17, 15) is 9.59 Å². The summed E-state index contributed by atoms with van der Waals surface area (Å²) < 4.78 is 7.36. The number of aromatic nitrogens is 1. The van der Waals surface area contributed by atoms with Gasteiger partial charge in [0.2, 0.25) is 5.91 Å². The van der Waals surface area contributed by atoms with E-state index in [4.69, 9.17) is 16.3 Å². The Morgan fingerprint density at radius 1 is 1.09 bits per heavy atom. The van der Waals surface area contributed by atoms with E-state index in [1.165, 1.54) is 6.42 Å². The Kier molecular flexibility index (Phi) is 5.57. The van der Waals surface area contributed by atoms with Crippen LogP contribution in [0.1, 0.15) is 49.5 Å². The van der Waals surface area contributed by atoms with E-state index in [0.717, 1.165) is 36.6 Å². The second-order valence-electron chi connectivity index (χ2n) is 9.24. The van der Waals surface area contributed by atoms with Gasteiger partial charge in [0.15, 0.2) is 0 Å². The minimum Gasteiger partial charge on any atom is -0.497 e. The van der Waals surface area contributed by atoms with Gasteiger partial charge in [0.05, 0.1) is 19.2 Å². The third-order valence-electron chi connectivity index (χ3n) is 7.01. The molecule has 0 radical (unpaired) electrons. The first-order chi connectivity index (χ1) is 15.9. The third-order valence-corrected chi connectivity index (χ3v) is 7.26. The van der Waals surface area contributed by atoms with Crippen LogP contribution in [-0.2, 0) is 11.3 Å². The Hall–Kier alpha value is -2.99. The lowest BCUT2D eigenvalue weighted by Gasteiger charge is -2.44. The van der Waals surface area contributed by atoms with Crippen molar-refractivity contribution in [1.29, 1.82) is 0 Å². The van der Waals surface area contributed by atoms with Crippen LogP contribution in [0.15, 0.2) is 48.5 Å². The maximum atomic E-state index is 13.9. The lowest BCUT2D eigenvalue weighted by Crippen LogP contribution is -2.65. The molecular weight excluding hydrogens is 438 g/mol. The van der Waals surface area contributed by atoms with Gasteiger partial charge in [0.25, 0.3) is 5.91 Å². The second kappa shape index (κ2) is 8.41. The van der Waals surface area contributed by atoms with E-state index in [1.807, 2.05) is 35.8 Å². The van der Waals surface area contributed by atoms with Gasteiger partial charge < -0.3 is 14.6 Å². The zero-order chi connectivity index (χ0) is 23.2. The Bertz CT molecular complexity index is 1210. The predicted octanol–water partition coefficient (Wildman–Crippen LogP) is 5.17. The van der Waals surface area contributed by atoms with Crippen molar-refractivity contribution in [3.05, 3.63) is 59.2 Å². The lowest BCUT2D eigenvalue weighted by atomic mass is 9.91. The quantitative estimate of drug-likeness (QED) is 0.578. The molecule has 0 saturated heterocycles. The monoisotopic (exact) mass is 465 g/mol. The van der Waals surface area contributed by atoms with Crippen molar-refractivity contribution in [3.8, 4) is 5.75 Å². The molecule has 1 atom stereocenters. The Morgan fingerprint density at radius 2 is 1.82 bits per heavy atom. The molecule has 1 unspecified atom stereocenters. The fourth-order valence-electron chi connectivity index (χ4n) is 5.18. The second-order valence-corrected chi connectivity index (χ2v) is 9.68. The average Bonchev–Trinajstić information content (AvgIpc) is 3.18. The molecule has 0 bridgehead atoms. The minimum absolute atomic E-state index is 0.131. The highest BCUT2D eigenvalue weighted by Crippen LogP contribution is 2.37. The van der Waals surface area contributed by atoms with Crippen LogP contribution in [-0.4, -0.2) is 35.1 Å². The summed E-state index contributed by atoms with van der Waals surface area (Å²) in [4.78, 5) is 29.3. The van der Waals surface area contributed by atoms with Crippen LogP contribution in [0, 0.1) is 0 Å². The predicted molar refractivity (Wildman–Crippen MR) is 130 cm³/mol. The summed E-state index contributed by atoms with van der Waals surface area (Å²) >= 11 is 6.11. The van der Waals surface area contributed by atoms with Crippen molar-refractivity contribution in [2.24, 2.45) is 0 Å². The van der Waals surface area contributed by atoms with E-state index >= 15 is 0 Å². The van der Waals surface area contributed by atoms with Gasteiger partial charge in [0.1, 0.15) is 17.0 Å². The molecule has 2 aliphatic rings. The van der Waals surface area contributed by atoms with Gasteiger partial charge in [-0.15, -0.1) is 0 Å². The molecule has 33 heavy (non-hydrogen) atoms. The number of ether oxygens (including phenoxy) is 1. The van der Waals surface area contributed by atoms with Gasteiger partial charge >= 0.3 is 0 Å². The number of halogens is 1. The number of rotatable bonds is 4. The zero-order valence-corrected chi connectivity index (χ0v) is 19.7. The number of nitrogens with zero attached hydrogens (tertiary/aromatic N) is 2. The molecule has 2 amide bonds. The molecule has 1 aliphatic carbocycles. The molecule has 1 saturated carbocycles. The molecule has 172 valence electrons. The van der Waals surface area contributed by atoms with Crippen LogP contribution >= 0.6 is 11.6 Å². The van der Waals surface area contributed by atoms with Crippen molar-refractivity contribution < 1.29 is 14.3 Å². The molecular formula is C26H28ClN3O3. The largest absolute Gasteiger partial charge is 0.497 e. The van der Waals surface area contributed by atoms with Crippen molar-refractivity contribution in [1.82, 2.24) is 9.88 Å². The number of carbonyl (C=O) groups excluding carboxylic acids is 2. The summed E-state index contributed by atoms with van der Waals surface area (Å²) in [6, 6.07) is 14.9. The number of anilines is 1. The van der Waals surface area contributed by atoms with Gasteiger partial charge in [0, 0.05) is 28.2 Å². The van der Waals surface area contributed by atoms with E-state index < -0.39 is 5.54 Å². The van der Waals surface area contributed by atoms with Crippen LogP contribution in [0.3, 0.4) is 0 Å². The van der Waals surface area contributed by atoms with Crippen molar-refractivity contribution in [2.45, 2.75) is 57.2 Å². The molecule has 0 spiro atoms. The summed E-state index contributed by atoms with van der Waals surface area (Å²) in [5, 5.41) is 4.78. The number of benzene rings is 2. The maximum Gasteiger partial charge on any atom is 0.275 e. The molecule has 2 heterocycles. The van der Waals surface area contributed by atoms with Gasteiger partial charge in [-0.2, -0.15) is 0 Å². The Balaban J connectivity index is 1.62. The molecule has 1 N–H and O–H groups in total. The maximum absolute atomic E-state index is 13.9. The van der Waals surface area contributed by atoms with Crippen LogP contribution < -0.4 is 15.0 Å². The molecule has 6 nitrogen and oxygen atoms in total. The van der Waals surface area contributed by atoms with Gasteiger partial charge in [-0.05, 0) is 62.2 Å². The number of nitrogens with one attached hydrogen (secondary N) is 1. The standard InChI is InChI=1S/C26H28ClN3O3/c1-26(25(32)28-19-6-4-3-5-7-19)16-29-22-15-21(33-2)13-8-17(22)14-23(29)24(31)30(26)20-11-9-18(27)10-12-20/h8-15,19H,3-7,16H2,1-2H3,(H,28,32). The topological polar surface area (TPSA) is 63.6 Å². The van der Waals surface area contributed by atoms with Gasteiger partial charge in [-0.25, -0.2) is 0 Å². The fraction of sp³-hybridized carbons (Fsp3) is 0.385. The Labute approximate surface area is 198 Å². The highest BCUT2D eigenvalue weighted by atomic mass is 35.5. The number of carbonyl (C=O) groups is 2. The Morgan fingerprint density at radius 3 is 2.52 bits per heavy atom. The molecule has 1 aliphatic heterocycles. The van der Waals surface area contributed by atoms with E-state index in [0.29, 0.717) is 28.7 Å². The van der Waals surface area contributed by atoms with Gasteiger partial charge in [-0.3, -0.25) is 14.5 Å². The molecule has 5 rings (SSSR count). The van der Waals surface area contributed by atoms with Crippen molar-refractivity contribution in [3.63, 3.8) is 0 Å². The molecule has 3 aromatic rings. The number of fused-ring (bicyclic) bond motifs is 3. The van der Waals surface area contributed by atoms with Crippen LogP contribution in [0.25, 0.3) is 10.9 Å². The number of hydrogen-bond acceptors (Lipinski definition) is 3. The van der Waals surface area contributed by atoms with E-state index in [-0.39, 0.29) is 17.9 Å². The van der Waals surface area contributed by atoms with Crippen molar-refractivity contribution in [2.75, 3.05) is 12.0 Å². The smallest absolute Gasteiger partial charge is 0.275 e. The van der Waals surface area contributed by atoms with E-state index in [1.54, 1.807) is 36.3 Å². The summed E-state index contributed by atoms with van der Waals surface area (Å²) in [7, 11) is 1.62. The molecule has 1 aromatic heterocycles. The number of amides is 2. The number of hydrogen-bond donors (Lipinski definition) is 1. The minimum atomic E-state index is -1.11. The third kappa shape index (κ3) is 3.76. The van der Waals surface area contributed by atoms with E-state index in [2.05, 4.69) is 5.32 Å². The first kappa shape index (κ1) is 21.8. The summed E-state index contributed by atoms with van der Waals surface area (Å²) in [5.74, 6) is 0.373. The summed E-state index contributed by atoms with van der Waals surface area (Å²) in [5.41, 5.74) is 0.978. The van der Waals surface area contributed by atoms with Gasteiger partial charge in [-0.1, -0.05) is 30.9 Å². The van der Waals surface area contributed by atoms with Crippen molar-refractivity contribution >= 4 is 40.0 Å². The van der Waals surface area contributed by atoms with Crippen LogP contribution in [0.2, 0.25) is 5.02 Å². The number of methoxy groups -OCH3 is 1. The molecule has 7 heteroatoms. The van der Waals surface area contributed by atoms with Crippen LogP contribution in [0.5, 0.6) is 5.75 Å². The summed E-state index contributed by atoms with van der Waals surface area (Å²) in [6.45, 7) is 2.19. The highest BCUT2D eigenvalue weighted by molar-refractivity contribution is 6.30. The molecule has 2 aromatic carbocycles. The molecule has 1 fully saturated rings.